The summed E-state index contributed by atoms with van der Waals surface area (Å²) in [5.41, 5.74) is 8.95. The highest BCUT2D eigenvalue weighted by Crippen LogP contribution is 2.39. The Morgan fingerprint density at radius 2 is 2.00 bits per heavy atom. The lowest BCUT2D eigenvalue weighted by Crippen LogP contribution is -2.38. The molecular formula is C14H18N2S. The Hall–Kier alpha value is -0.930. The van der Waals surface area contributed by atoms with Crippen molar-refractivity contribution in [2.45, 2.75) is 44.6 Å². The Balaban J connectivity index is 2.15. The van der Waals surface area contributed by atoms with Crippen LogP contribution in [0.5, 0.6) is 0 Å². The average molecular weight is 246 g/mol. The third-order valence-corrected chi connectivity index (χ3v) is 4.82. The maximum atomic E-state index is 6.63. The van der Waals surface area contributed by atoms with E-state index in [4.69, 9.17) is 5.73 Å². The lowest BCUT2D eigenvalue weighted by molar-refractivity contribution is 0.305. The molecule has 1 heterocycles. The topological polar surface area (TPSA) is 38.9 Å². The van der Waals surface area contributed by atoms with Gasteiger partial charge in [0.25, 0.3) is 0 Å². The first-order chi connectivity index (χ1) is 8.19. The number of benzene rings is 1. The normalized spacial score (nSPS) is 19.6. The molecule has 1 aromatic carbocycles. The molecule has 2 N–H and O–H groups in total. The number of thiazole rings is 1. The number of aromatic nitrogens is 1. The second-order valence-corrected chi connectivity index (χ2v) is 6.31. The number of aryl methyl sites for hydroxylation is 1. The molecule has 1 aliphatic carbocycles. The van der Waals surface area contributed by atoms with Gasteiger partial charge in [-0.25, -0.2) is 4.98 Å². The van der Waals surface area contributed by atoms with E-state index >= 15 is 0 Å². The van der Waals surface area contributed by atoms with Crippen molar-refractivity contribution in [1.82, 2.24) is 4.98 Å². The molecule has 1 aromatic heterocycles. The first-order valence-electron chi connectivity index (χ1n) is 6.35. The molecule has 0 unspecified atom stereocenters. The highest BCUT2D eigenvalue weighted by molar-refractivity contribution is 7.18. The summed E-state index contributed by atoms with van der Waals surface area (Å²) in [4.78, 5) is 4.56. The molecule has 0 spiro atoms. The van der Waals surface area contributed by atoms with Crippen molar-refractivity contribution >= 4 is 21.6 Å². The summed E-state index contributed by atoms with van der Waals surface area (Å²) < 4.78 is 1.30. The zero-order valence-electron chi connectivity index (χ0n) is 10.2. The number of hydrogen-bond acceptors (Lipinski definition) is 3. The van der Waals surface area contributed by atoms with Gasteiger partial charge in [-0.2, -0.15) is 0 Å². The van der Waals surface area contributed by atoms with Gasteiger partial charge in [-0.15, -0.1) is 11.3 Å². The molecule has 0 aliphatic heterocycles. The van der Waals surface area contributed by atoms with E-state index in [1.165, 1.54) is 29.5 Å². The van der Waals surface area contributed by atoms with Crippen LogP contribution >= 0.6 is 11.3 Å². The summed E-state index contributed by atoms with van der Waals surface area (Å²) >= 11 is 1.78. The fourth-order valence-corrected chi connectivity index (χ4v) is 3.94. The minimum absolute atomic E-state index is 0.114. The summed E-state index contributed by atoms with van der Waals surface area (Å²) in [5, 5.41) is 1.13. The molecule has 90 valence electrons. The summed E-state index contributed by atoms with van der Waals surface area (Å²) in [7, 11) is 0. The molecule has 0 radical (unpaired) electrons. The molecule has 0 atom stereocenters. The number of nitrogens with zero attached hydrogens (tertiary/aromatic N) is 1. The minimum Gasteiger partial charge on any atom is -0.321 e. The second-order valence-electron chi connectivity index (χ2n) is 5.10. The molecule has 2 nitrogen and oxygen atoms in total. The van der Waals surface area contributed by atoms with Crippen LogP contribution < -0.4 is 5.73 Å². The van der Waals surface area contributed by atoms with Crippen LogP contribution in [0.2, 0.25) is 0 Å². The Bertz CT molecular complexity index is 538. The molecule has 1 aliphatic rings. The van der Waals surface area contributed by atoms with Crippen molar-refractivity contribution < 1.29 is 0 Å². The molecular weight excluding hydrogens is 228 g/mol. The van der Waals surface area contributed by atoms with Gasteiger partial charge in [0.1, 0.15) is 0 Å². The van der Waals surface area contributed by atoms with Crippen molar-refractivity contribution in [1.29, 1.82) is 0 Å². The maximum Gasteiger partial charge on any atom is 0.0907 e. The second kappa shape index (κ2) is 4.07. The summed E-state index contributed by atoms with van der Waals surface area (Å²) in [6.45, 7) is 2.07. The van der Waals surface area contributed by atoms with E-state index in [2.05, 4.69) is 30.1 Å². The Morgan fingerprint density at radius 1 is 1.24 bits per heavy atom. The Kier molecular flexibility index (Phi) is 2.68. The smallest absolute Gasteiger partial charge is 0.0907 e. The summed E-state index contributed by atoms with van der Waals surface area (Å²) in [6.07, 6.45) is 6.07. The fourth-order valence-electron chi connectivity index (χ4n) is 2.90. The van der Waals surface area contributed by atoms with E-state index in [9.17, 15) is 0 Å². The summed E-state index contributed by atoms with van der Waals surface area (Å²) in [5.74, 6) is 0. The van der Waals surface area contributed by atoms with Crippen molar-refractivity contribution in [3.8, 4) is 0 Å². The molecule has 0 saturated heterocycles. The fraction of sp³-hybridized carbons (Fsp3) is 0.500. The first kappa shape index (κ1) is 11.2. The van der Waals surface area contributed by atoms with Crippen LogP contribution in [0, 0.1) is 6.92 Å². The van der Waals surface area contributed by atoms with Crippen molar-refractivity contribution in [2.24, 2.45) is 5.73 Å². The zero-order chi connectivity index (χ0) is 11.9. The lowest BCUT2D eigenvalue weighted by Gasteiger charge is -2.34. The van der Waals surface area contributed by atoms with E-state index in [-0.39, 0.29) is 5.54 Å². The molecule has 0 bridgehead atoms. The molecule has 1 fully saturated rings. The van der Waals surface area contributed by atoms with Crippen LogP contribution in [0.15, 0.2) is 18.2 Å². The van der Waals surface area contributed by atoms with E-state index in [0.717, 1.165) is 23.4 Å². The predicted octanol–water partition coefficient (Wildman–Crippen LogP) is 3.72. The van der Waals surface area contributed by atoms with Crippen molar-refractivity contribution in [3.05, 3.63) is 28.8 Å². The van der Waals surface area contributed by atoms with Gasteiger partial charge in [0.05, 0.1) is 15.2 Å². The van der Waals surface area contributed by atoms with Crippen LogP contribution in [0.1, 0.15) is 42.7 Å². The van der Waals surface area contributed by atoms with Gasteiger partial charge in [0.2, 0.25) is 0 Å². The van der Waals surface area contributed by atoms with Gasteiger partial charge >= 0.3 is 0 Å². The first-order valence-corrected chi connectivity index (χ1v) is 7.16. The number of nitrogens with two attached hydrogens (primary N) is 1. The third-order valence-electron chi connectivity index (χ3n) is 3.80. The molecule has 2 aromatic rings. The summed E-state index contributed by atoms with van der Waals surface area (Å²) in [6, 6.07) is 6.39. The van der Waals surface area contributed by atoms with Crippen LogP contribution in [0.3, 0.4) is 0 Å². The van der Waals surface area contributed by atoms with Crippen molar-refractivity contribution in [3.63, 3.8) is 0 Å². The van der Waals surface area contributed by atoms with Crippen LogP contribution in [-0.2, 0) is 5.54 Å². The molecule has 17 heavy (non-hydrogen) atoms. The number of rotatable bonds is 1. The molecule has 0 amide bonds. The van der Waals surface area contributed by atoms with Crippen LogP contribution in [0.4, 0.5) is 0 Å². The van der Waals surface area contributed by atoms with Crippen molar-refractivity contribution in [2.75, 3.05) is 0 Å². The van der Waals surface area contributed by atoms with Crippen LogP contribution in [-0.4, -0.2) is 4.98 Å². The van der Waals surface area contributed by atoms with E-state index in [1.807, 2.05) is 0 Å². The quantitative estimate of drug-likeness (QED) is 0.833. The largest absolute Gasteiger partial charge is 0.321 e. The van der Waals surface area contributed by atoms with E-state index < -0.39 is 0 Å². The molecule has 3 heteroatoms. The SMILES string of the molecule is Cc1nc2cccc(C3(N)CCCCC3)c2s1. The van der Waals surface area contributed by atoms with Gasteiger partial charge in [-0.1, -0.05) is 31.4 Å². The average Bonchev–Trinajstić information content (AvgIpc) is 2.69. The Morgan fingerprint density at radius 3 is 2.76 bits per heavy atom. The predicted molar refractivity (Wildman–Crippen MR) is 73.3 cm³/mol. The monoisotopic (exact) mass is 246 g/mol. The number of hydrogen-bond donors (Lipinski definition) is 1. The lowest BCUT2D eigenvalue weighted by atomic mass is 9.77. The van der Waals surface area contributed by atoms with E-state index in [1.54, 1.807) is 11.3 Å². The number of fused-ring (bicyclic) bond motifs is 1. The van der Waals surface area contributed by atoms with Gasteiger partial charge in [-0.05, 0) is 31.4 Å². The zero-order valence-corrected chi connectivity index (χ0v) is 11.0. The minimum atomic E-state index is -0.114. The van der Waals surface area contributed by atoms with E-state index in [0.29, 0.717) is 0 Å². The van der Waals surface area contributed by atoms with Gasteiger partial charge in [0.15, 0.2) is 0 Å². The molecule has 3 rings (SSSR count). The Labute approximate surface area is 106 Å². The third kappa shape index (κ3) is 1.87. The standard InChI is InChI=1S/C14H18N2S/c1-10-16-12-7-5-6-11(13(12)17-10)14(15)8-3-2-4-9-14/h5-7H,2-4,8-9,15H2,1H3. The van der Waals surface area contributed by atoms with Crippen LogP contribution in [0.25, 0.3) is 10.2 Å². The van der Waals surface area contributed by atoms with Gasteiger partial charge in [-0.3, -0.25) is 0 Å². The highest BCUT2D eigenvalue weighted by atomic mass is 32.1. The maximum absolute atomic E-state index is 6.63. The highest BCUT2D eigenvalue weighted by Gasteiger charge is 2.31. The van der Waals surface area contributed by atoms with Gasteiger partial charge < -0.3 is 5.73 Å². The molecule has 1 saturated carbocycles. The van der Waals surface area contributed by atoms with Gasteiger partial charge in [0, 0.05) is 5.54 Å².